The van der Waals surface area contributed by atoms with Crippen molar-refractivity contribution >= 4 is 12.0 Å². The van der Waals surface area contributed by atoms with E-state index in [0.717, 1.165) is 0 Å². The number of aliphatic carboxylic acids is 1. The molecule has 5 nitrogen and oxygen atoms in total. The van der Waals surface area contributed by atoms with Crippen LogP contribution in [-0.2, 0) is 4.79 Å². The summed E-state index contributed by atoms with van der Waals surface area (Å²) in [5, 5.41) is 12.3. The Balaban J connectivity index is 4.01. The van der Waals surface area contributed by atoms with Crippen LogP contribution < -0.4 is 10.6 Å². The molecule has 2 unspecified atom stereocenters. The van der Waals surface area contributed by atoms with Crippen molar-refractivity contribution < 1.29 is 27.9 Å². The first-order valence-electron chi connectivity index (χ1n) is 4.47. The maximum absolute atomic E-state index is 11.7. The van der Waals surface area contributed by atoms with Crippen LogP contribution >= 0.6 is 0 Å². The fourth-order valence-corrected chi connectivity index (χ4v) is 0.777. The van der Waals surface area contributed by atoms with Crippen LogP contribution in [0, 0.1) is 5.92 Å². The fraction of sp³-hybridized carbons (Fsp3) is 0.750. The number of urea groups is 1. The average Bonchev–Trinajstić information content (AvgIpc) is 2.12. The lowest BCUT2D eigenvalue weighted by Crippen LogP contribution is -2.47. The summed E-state index contributed by atoms with van der Waals surface area (Å²) in [5.41, 5.74) is 0. The number of hydrogen-bond acceptors (Lipinski definition) is 2. The largest absolute Gasteiger partial charge is 0.481 e. The van der Waals surface area contributed by atoms with E-state index in [2.05, 4.69) is 5.32 Å². The predicted octanol–water partition coefficient (Wildman–Crippen LogP) is 0.957. The molecule has 94 valence electrons. The SMILES string of the molecule is CC(NC(=O)NCC(F)(F)F)C(C)C(=O)O. The molecule has 0 aliphatic heterocycles. The highest BCUT2D eigenvalue weighted by Gasteiger charge is 2.28. The molecule has 0 aliphatic rings. The summed E-state index contributed by atoms with van der Waals surface area (Å²) in [6.07, 6.45) is -4.49. The van der Waals surface area contributed by atoms with Crippen LogP contribution in [0.1, 0.15) is 13.8 Å². The lowest BCUT2D eigenvalue weighted by Gasteiger charge is -2.18. The molecule has 2 atom stereocenters. The van der Waals surface area contributed by atoms with E-state index in [-0.39, 0.29) is 0 Å². The minimum Gasteiger partial charge on any atom is -0.481 e. The third-order valence-corrected chi connectivity index (χ3v) is 1.95. The summed E-state index contributed by atoms with van der Waals surface area (Å²) in [5.74, 6) is -2.01. The monoisotopic (exact) mass is 242 g/mol. The molecule has 0 heterocycles. The van der Waals surface area contributed by atoms with Gasteiger partial charge in [0.15, 0.2) is 0 Å². The highest BCUT2D eigenvalue weighted by molar-refractivity contribution is 5.76. The maximum Gasteiger partial charge on any atom is 0.405 e. The summed E-state index contributed by atoms with van der Waals surface area (Å²) in [6, 6.07) is -1.80. The molecule has 0 saturated heterocycles. The summed E-state index contributed by atoms with van der Waals surface area (Å²) in [6.45, 7) is 1.29. The third-order valence-electron chi connectivity index (χ3n) is 1.95. The number of nitrogens with one attached hydrogen (secondary N) is 2. The fourth-order valence-electron chi connectivity index (χ4n) is 0.777. The number of carboxylic acids is 1. The second-order valence-corrected chi connectivity index (χ2v) is 3.36. The molecule has 0 bridgehead atoms. The summed E-state index contributed by atoms with van der Waals surface area (Å²) in [7, 11) is 0. The van der Waals surface area contributed by atoms with Gasteiger partial charge in [0.1, 0.15) is 6.54 Å². The molecule has 16 heavy (non-hydrogen) atoms. The molecule has 0 aromatic carbocycles. The predicted molar refractivity (Wildman–Crippen MR) is 48.9 cm³/mol. The van der Waals surface area contributed by atoms with Gasteiger partial charge in [-0.25, -0.2) is 4.79 Å². The first kappa shape index (κ1) is 14.5. The van der Waals surface area contributed by atoms with Crippen LogP contribution in [0.15, 0.2) is 0 Å². The van der Waals surface area contributed by atoms with Crippen molar-refractivity contribution in [2.45, 2.75) is 26.1 Å². The first-order chi connectivity index (χ1) is 7.13. The number of rotatable bonds is 4. The Labute approximate surface area is 90.0 Å². The smallest absolute Gasteiger partial charge is 0.405 e. The highest BCUT2D eigenvalue weighted by Crippen LogP contribution is 2.12. The number of carboxylic acid groups (broad SMARTS) is 1. The van der Waals surface area contributed by atoms with Crippen LogP contribution in [0.3, 0.4) is 0 Å². The minimum atomic E-state index is -4.49. The van der Waals surface area contributed by atoms with Crippen molar-refractivity contribution in [3.63, 3.8) is 0 Å². The van der Waals surface area contributed by atoms with Crippen LogP contribution in [0.5, 0.6) is 0 Å². The number of halogens is 3. The Morgan fingerprint density at radius 1 is 1.31 bits per heavy atom. The van der Waals surface area contributed by atoms with Gasteiger partial charge in [-0.2, -0.15) is 13.2 Å². The zero-order chi connectivity index (χ0) is 12.9. The molecule has 0 aliphatic carbocycles. The van der Waals surface area contributed by atoms with E-state index in [9.17, 15) is 22.8 Å². The van der Waals surface area contributed by atoms with E-state index in [0.29, 0.717) is 0 Å². The molecule has 0 rings (SSSR count). The Bertz CT molecular complexity index is 268. The molecule has 0 spiro atoms. The van der Waals surface area contributed by atoms with Crippen molar-refractivity contribution in [2.24, 2.45) is 5.92 Å². The van der Waals surface area contributed by atoms with E-state index in [4.69, 9.17) is 5.11 Å². The van der Waals surface area contributed by atoms with Gasteiger partial charge in [0.2, 0.25) is 0 Å². The second-order valence-electron chi connectivity index (χ2n) is 3.36. The van der Waals surface area contributed by atoms with Crippen molar-refractivity contribution in [1.29, 1.82) is 0 Å². The van der Waals surface area contributed by atoms with E-state index < -0.39 is 36.7 Å². The average molecular weight is 242 g/mol. The summed E-state index contributed by atoms with van der Waals surface area (Å²) in [4.78, 5) is 21.4. The van der Waals surface area contributed by atoms with Crippen molar-refractivity contribution in [3.8, 4) is 0 Å². The van der Waals surface area contributed by atoms with Crippen LogP contribution in [0.2, 0.25) is 0 Å². The minimum absolute atomic E-state index is 0.759. The van der Waals surface area contributed by atoms with E-state index in [1.54, 1.807) is 5.32 Å². The zero-order valence-corrected chi connectivity index (χ0v) is 8.76. The van der Waals surface area contributed by atoms with Gasteiger partial charge in [-0.05, 0) is 13.8 Å². The Hall–Kier alpha value is -1.47. The van der Waals surface area contributed by atoms with Gasteiger partial charge in [0, 0.05) is 6.04 Å². The van der Waals surface area contributed by atoms with Gasteiger partial charge in [-0.1, -0.05) is 0 Å². The van der Waals surface area contributed by atoms with Gasteiger partial charge in [-0.15, -0.1) is 0 Å². The van der Waals surface area contributed by atoms with Crippen molar-refractivity contribution in [3.05, 3.63) is 0 Å². The van der Waals surface area contributed by atoms with Gasteiger partial charge >= 0.3 is 18.2 Å². The van der Waals surface area contributed by atoms with Crippen molar-refractivity contribution in [2.75, 3.05) is 6.54 Å². The van der Waals surface area contributed by atoms with Gasteiger partial charge in [0.05, 0.1) is 5.92 Å². The highest BCUT2D eigenvalue weighted by atomic mass is 19.4. The molecule has 8 heteroatoms. The first-order valence-corrected chi connectivity index (χ1v) is 4.47. The van der Waals surface area contributed by atoms with E-state index >= 15 is 0 Å². The van der Waals surface area contributed by atoms with Gasteiger partial charge < -0.3 is 15.7 Å². The summed E-state index contributed by atoms with van der Waals surface area (Å²) >= 11 is 0. The number of alkyl halides is 3. The molecule has 0 aromatic rings. The van der Waals surface area contributed by atoms with E-state index in [1.165, 1.54) is 13.8 Å². The number of carbonyl (C=O) groups is 2. The lowest BCUT2D eigenvalue weighted by molar-refractivity contribution is -0.141. The van der Waals surface area contributed by atoms with Gasteiger partial charge in [0.25, 0.3) is 0 Å². The molecule has 2 amide bonds. The summed E-state index contributed by atoms with van der Waals surface area (Å²) < 4.78 is 35.1. The Morgan fingerprint density at radius 3 is 2.19 bits per heavy atom. The maximum atomic E-state index is 11.7. The van der Waals surface area contributed by atoms with E-state index in [1.807, 2.05) is 0 Å². The second kappa shape index (κ2) is 5.57. The third kappa shape index (κ3) is 6.10. The number of hydrogen-bond donors (Lipinski definition) is 3. The van der Waals surface area contributed by atoms with Crippen LogP contribution in [0.4, 0.5) is 18.0 Å². The normalized spacial score (nSPS) is 15.1. The molecular formula is C8H13F3N2O3. The zero-order valence-electron chi connectivity index (χ0n) is 8.76. The molecule has 0 fully saturated rings. The van der Waals surface area contributed by atoms with Crippen molar-refractivity contribution in [1.82, 2.24) is 10.6 Å². The molecule has 0 radical (unpaired) electrons. The standard InChI is InChI=1S/C8H13F3N2O3/c1-4(6(14)15)5(2)13-7(16)12-3-8(9,10)11/h4-5H,3H2,1-2H3,(H,14,15)(H2,12,13,16). The molecule has 0 aromatic heterocycles. The topological polar surface area (TPSA) is 78.4 Å². The lowest BCUT2D eigenvalue weighted by atomic mass is 10.0. The number of amides is 2. The molecular weight excluding hydrogens is 229 g/mol. The Kier molecular flexibility index (Phi) is 5.06. The molecule has 3 N–H and O–H groups in total. The molecule has 0 saturated carbocycles. The van der Waals surface area contributed by atoms with Gasteiger partial charge in [-0.3, -0.25) is 4.79 Å². The van der Waals surface area contributed by atoms with Crippen LogP contribution in [-0.4, -0.2) is 35.9 Å². The van der Waals surface area contributed by atoms with Crippen LogP contribution in [0.25, 0.3) is 0 Å². The number of carbonyl (C=O) groups excluding carboxylic acids is 1. The quantitative estimate of drug-likeness (QED) is 0.687. The Morgan fingerprint density at radius 2 is 1.81 bits per heavy atom.